The molecule has 0 aliphatic carbocycles. The normalized spacial score (nSPS) is 18.0. The van der Waals surface area contributed by atoms with Crippen LogP contribution in [0.15, 0.2) is 35.4 Å². The van der Waals surface area contributed by atoms with Crippen molar-refractivity contribution in [3.8, 4) is 6.07 Å². The van der Waals surface area contributed by atoms with Gasteiger partial charge in [0.15, 0.2) is 0 Å². The van der Waals surface area contributed by atoms with Crippen LogP contribution in [0.1, 0.15) is 43.7 Å². The van der Waals surface area contributed by atoms with Gasteiger partial charge in [0.05, 0.1) is 5.56 Å². The van der Waals surface area contributed by atoms with Gasteiger partial charge in [-0.15, -0.1) is 0 Å². The number of piperidine rings is 1. The Kier molecular flexibility index (Phi) is 5.33. The van der Waals surface area contributed by atoms with Crippen molar-refractivity contribution in [3.05, 3.63) is 46.5 Å². The highest BCUT2D eigenvalue weighted by Crippen LogP contribution is 2.32. The SMILES string of the molecule is CC(C)=C(C#N)C(=O)N1CCCC(c2ccc(C(F)(F)F)cc2)C1. The Hall–Kier alpha value is -2.29. The first-order valence-electron chi connectivity index (χ1n) is 7.78. The van der Waals surface area contributed by atoms with Gasteiger partial charge < -0.3 is 4.90 Å². The zero-order valence-electron chi connectivity index (χ0n) is 13.7. The molecule has 1 aromatic carbocycles. The standard InChI is InChI=1S/C18H19F3N2O/c1-12(2)16(10-22)17(24)23-9-3-4-14(11-23)13-5-7-15(8-6-13)18(19,20)21/h5-8,14H,3-4,9,11H2,1-2H3. The summed E-state index contributed by atoms with van der Waals surface area (Å²) in [6.45, 7) is 4.42. The molecule has 128 valence electrons. The van der Waals surface area contributed by atoms with Crippen molar-refractivity contribution in [1.29, 1.82) is 5.26 Å². The van der Waals surface area contributed by atoms with Gasteiger partial charge in [0.25, 0.3) is 5.91 Å². The number of halogens is 3. The van der Waals surface area contributed by atoms with E-state index in [1.54, 1.807) is 18.7 Å². The Morgan fingerprint density at radius 1 is 1.25 bits per heavy atom. The number of nitrogens with zero attached hydrogens (tertiary/aromatic N) is 2. The van der Waals surface area contributed by atoms with Crippen molar-refractivity contribution < 1.29 is 18.0 Å². The van der Waals surface area contributed by atoms with E-state index in [0.29, 0.717) is 18.7 Å². The van der Waals surface area contributed by atoms with E-state index in [1.165, 1.54) is 12.1 Å². The highest BCUT2D eigenvalue weighted by atomic mass is 19.4. The highest BCUT2D eigenvalue weighted by molar-refractivity contribution is 5.98. The molecule has 1 unspecified atom stereocenters. The summed E-state index contributed by atoms with van der Waals surface area (Å²) < 4.78 is 37.9. The summed E-state index contributed by atoms with van der Waals surface area (Å²) in [7, 11) is 0. The van der Waals surface area contributed by atoms with Crippen LogP contribution in [0.2, 0.25) is 0 Å². The minimum absolute atomic E-state index is 0.0120. The van der Waals surface area contributed by atoms with Crippen molar-refractivity contribution >= 4 is 5.91 Å². The van der Waals surface area contributed by atoms with Gasteiger partial charge in [-0.1, -0.05) is 17.7 Å². The van der Waals surface area contributed by atoms with Crippen molar-refractivity contribution in [2.75, 3.05) is 13.1 Å². The van der Waals surface area contributed by atoms with E-state index < -0.39 is 11.7 Å². The Balaban J connectivity index is 2.15. The van der Waals surface area contributed by atoms with E-state index in [9.17, 15) is 18.0 Å². The van der Waals surface area contributed by atoms with Crippen LogP contribution in [-0.2, 0) is 11.0 Å². The molecule has 1 saturated heterocycles. The smallest absolute Gasteiger partial charge is 0.337 e. The molecule has 24 heavy (non-hydrogen) atoms. The maximum atomic E-state index is 12.6. The second-order valence-corrected chi connectivity index (χ2v) is 6.20. The van der Waals surface area contributed by atoms with E-state index in [-0.39, 0.29) is 17.4 Å². The summed E-state index contributed by atoms with van der Waals surface area (Å²) in [5.74, 6) is -0.309. The molecule has 1 heterocycles. The number of likely N-dealkylation sites (tertiary alicyclic amines) is 1. The van der Waals surface area contributed by atoms with Crippen LogP contribution in [0.3, 0.4) is 0 Å². The molecule has 1 atom stereocenters. The molecule has 0 bridgehead atoms. The number of carbonyl (C=O) groups excluding carboxylic acids is 1. The first-order chi connectivity index (χ1) is 11.2. The van der Waals surface area contributed by atoms with Gasteiger partial charge in [-0.2, -0.15) is 18.4 Å². The number of alkyl halides is 3. The largest absolute Gasteiger partial charge is 0.416 e. The van der Waals surface area contributed by atoms with Gasteiger partial charge in [0.1, 0.15) is 11.6 Å². The van der Waals surface area contributed by atoms with Crippen LogP contribution in [0.4, 0.5) is 13.2 Å². The number of amides is 1. The number of allylic oxidation sites excluding steroid dienone is 1. The second kappa shape index (κ2) is 7.08. The number of carbonyl (C=O) groups is 1. The van der Waals surface area contributed by atoms with Crippen molar-refractivity contribution in [1.82, 2.24) is 4.90 Å². The molecule has 1 amide bonds. The van der Waals surface area contributed by atoms with Crippen molar-refractivity contribution in [3.63, 3.8) is 0 Å². The van der Waals surface area contributed by atoms with Crippen LogP contribution < -0.4 is 0 Å². The number of hydrogen-bond donors (Lipinski definition) is 0. The molecule has 0 spiro atoms. The summed E-state index contributed by atoms with van der Waals surface area (Å²) in [6.07, 6.45) is -2.77. The van der Waals surface area contributed by atoms with Gasteiger partial charge in [0, 0.05) is 19.0 Å². The summed E-state index contributed by atoms with van der Waals surface area (Å²) in [5, 5.41) is 9.13. The average Bonchev–Trinajstić information content (AvgIpc) is 2.54. The summed E-state index contributed by atoms with van der Waals surface area (Å²) in [5.41, 5.74) is 0.921. The molecule has 1 fully saturated rings. The zero-order chi connectivity index (χ0) is 17.9. The van der Waals surface area contributed by atoms with Gasteiger partial charge in [0.2, 0.25) is 0 Å². The van der Waals surface area contributed by atoms with E-state index >= 15 is 0 Å². The van der Waals surface area contributed by atoms with Crippen LogP contribution >= 0.6 is 0 Å². The second-order valence-electron chi connectivity index (χ2n) is 6.20. The Bertz CT molecular complexity index is 680. The minimum Gasteiger partial charge on any atom is -0.337 e. The molecule has 2 rings (SSSR count). The van der Waals surface area contributed by atoms with Crippen molar-refractivity contribution in [2.45, 2.75) is 38.8 Å². The molecule has 0 radical (unpaired) electrons. The zero-order valence-corrected chi connectivity index (χ0v) is 13.7. The first-order valence-corrected chi connectivity index (χ1v) is 7.78. The van der Waals surface area contributed by atoms with Gasteiger partial charge in [-0.25, -0.2) is 0 Å². The fourth-order valence-electron chi connectivity index (χ4n) is 2.91. The van der Waals surface area contributed by atoms with Gasteiger partial charge in [-0.05, 0) is 44.4 Å². The summed E-state index contributed by atoms with van der Waals surface area (Å²) >= 11 is 0. The first kappa shape index (κ1) is 18.1. The van der Waals surface area contributed by atoms with Gasteiger partial charge in [-0.3, -0.25) is 4.79 Å². The van der Waals surface area contributed by atoms with Crippen LogP contribution in [0.25, 0.3) is 0 Å². The van der Waals surface area contributed by atoms with E-state index in [1.807, 2.05) is 6.07 Å². The molecular weight excluding hydrogens is 317 g/mol. The molecule has 0 aromatic heterocycles. The molecule has 0 saturated carbocycles. The summed E-state index contributed by atoms with van der Waals surface area (Å²) in [4.78, 5) is 14.1. The predicted molar refractivity (Wildman–Crippen MR) is 84.0 cm³/mol. The fraction of sp³-hybridized carbons (Fsp3) is 0.444. The Labute approximate surface area is 139 Å². The Morgan fingerprint density at radius 3 is 2.38 bits per heavy atom. The molecule has 6 heteroatoms. The number of benzene rings is 1. The lowest BCUT2D eigenvalue weighted by Crippen LogP contribution is -2.39. The van der Waals surface area contributed by atoms with Crippen LogP contribution in [-0.4, -0.2) is 23.9 Å². The minimum atomic E-state index is -4.35. The van der Waals surface area contributed by atoms with Crippen LogP contribution in [0, 0.1) is 11.3 Å². The molecule has 3 nitrogen and oxygen atoms in total. The lowest BCUT2D eigenvalue weighted by Gasteiger charge is -2.33. The van der Waals surface area contributed by atoms with Crippen molar-refractivity contribution in [2.24, 2.45) is 0 Å². The molecule has 1 aliphatic heterocycles. The third kappa shape index (κ3) is 3.97. The molecule has 1 aromatic rings. The quantitative estimate of drug-likeness (QED) is 0.598. The fourth-order valence-corrected chi connectivity index (χ4v) is 2.91. The molecular formula is C18H19F3N2O. The Morgan fingerprint density at radius 2 is 1.88 bits per heavy atom. The maximum absolute atomic E-state index is 12.6. The third-order valence-corrected chi connectivity index (χ3v) is 4.24. The highest BCUT2D eigenvalue weighted by Gasteiger charge is 2.31. The average molecular weight is 336 g/mol. The lowest BCUT2D eigenvalue weighted by atomic mass is 9.89. The number of hydrogen-bond acceptors (Lipinski definition) is 2. The topological polar surface area (TPSA) is 44.1 Å². The third-order valence-electron chi connectivity index (χ3n) is 4.24. The maximum Gasteiger partial charge on any atom is 0.416 e. The lowest BCUT2D eigenvalue weighted by molar-refractivity contribution is -0.137. The predicted octanol–water partition coefficient (Wildman–Crippen LogP) is 4.27. The number of nitriles is 1. The van der Waals surface area contributed by atoms with E-state index in [2.05, 4.69) is 0 Å². The molecule has 1 aliphatic rings. The van der Waals surface area contributed by atoms with E-state index in [4.69, 9.17) is 5.26 Å². The summed E-state index contributed by atoms with van der Waals surface area (Å²) in [6, 6.07) is 7.05. The number of rotatable bonds is 2. The van der Waals surface area contributed by atoms with Crippen LogP contribution in [0.5, 0.6) is 0 Å². The monoisotopic (exact) mass is 336 g/mol. The van der Waals surface area contributed by atoms with E-state index in [0.717, 1.165) is 30.5 Å². The molecule has 0 N–H and O–H groups in total. The van der Waals surface area contributed by atoms with Gasteiger partial charge >= 0.3 is 6.18 Å².